The number of methoxy groups -OCH3 is 1. The van der Waals surface area contributed by atoms with Crippen molar-refractivity contribution in [2.75, 3.05) is 19.2 Å². The second-order valence-corrected chi connectivity index (χ2v) is 6.81. The minimum Gasteiger partial charge on any atom is -0.497 e. The van der Waals surface area contributed by atoms with E-state index < -0.39 is 16.9 Å². The van der Waals surface area contributed by atoms with Crippen molar-refractivity contribution in [3.8, 4) is 28.5 Å². The van der Waals surface area contributed by atoms with Gasteiger partial charge in [-0.2, -0.15) is 0 Å². The molecule has 0 radical (unpaired) electrons. The van der Waals surface area contributed by atoms with Gasteiger partial charge in [0.1, 0.15) is 5.75 Å². The highest BCUT2D eigenvalue weighted by Crippen LogP contribution is 2.38. The number of nitro benzene ring substituents is 1. The summed E-state index contributed by atoms with van der Waals surface area (Å²) in [5, 5.41) is 29.3. The highest BCUT2D eigenvalue weighted by molar-refractivity contribution is 6.27. The van der Waals surface area contributed by atoms with Crippen LogP contribution in [-0.2, 0) is 23.2 Å². The van der Waals surface area contributed by atoms with Gasteiger partial charge in [-0.1, -0.05) is 0 Å². The van der Waals surface area contributed by atoms with E-state index in [1.165, 1.54) is 6.07 Å². The van der Waals surface area contributed by atoms with E-state index in [1.807, 2.05) is 35.9 Å². The quantitative estimate of drug-likeness (QED) is 0.273. The molecule has 3 aromatic rings. The number of ether oxygens (including phenoxy) is 3. The molecule has 34 heavy (non-hydrogen) atoms. The SMILES string of the molecule is COc1ccc(-c2cnc(NCc3cc4c(cc3[N+](=O)[O-])OCO4)n2C)cc1.O=C(O)C(=O)O. The van der Waals surface area contributed by atoms with Crippen molar-refractivity contribution in [2.45, 2.75) is 6.54 Å². The number of carboxylic acid groups (broad SMARTS) is 2. The van der Waals surface area contributed by atoms with Crippen LogP contribution in [0.4, 0.5) is 11.6 Å². The van der Waals surface area contributed by atoms with Crippen LogP contribution in [0.1, 0.15) is 5.56 Å². The Balaban J connectivity index is 0.000000481. The van der Waals surface area contributed by atoms with Crippen molar-refractivity contribution in [3.05, 3.63) is 58.3 Å². The first-order valence-corrected chi connectivity index (χ1v) is 9.64. The predicted octanol–water partition coefficient (Wildman–Crippen LogP) is 2.50. The maximum atomic E-state index is 11.4. The van der Waals surface area contributed by atoms with Crippen LogP contribution in [0, 0.1) is 10.1 Å². The number of hydrogen-bond acceptors (Lipinski definition) is 9. The van der Waals surface area contributed by atoms with E-state index in [1.54, 1.807) is 19.4 Å². The zero-order valence-electron chi connectivity index (χ0n) is 18.0. The van der Waals surface area contributed by atoms with Gasteiger partial charge in [-0.3, -0.25) is 10.1 Å². The van der Waals surface area contributed by atoms with Gasteiger partial charge in [-0.25, -0.2) is 14.6 Å². The van der Waals surface area contributed by atoms with E-state index in [2.05, 4.69) is 10.3 Å². The van der Waals surface area contributed by atoms with Gasteiger partial charge >= 0.3 is 11.9 Å². The van der Waals surface area contributed by atoms with Crippen LogP contribution in [0.3, 0.4) is 0 Å². The molecule has 0 bridgehead atoms. The lowest BCUT2D eigenvalue weighted by atomic mass is 10.1. The summed E-state index contributed by atoms with van der Waals surface area (Å²) < 4.78 is 17.6. The lowest BCUT2D eigenvalue weighted by Gasteiger charge is -2.10. The van der Waals surface area contributed by atoms with Crippen molar-refractivity contribution in [2.24, 2.45) is 7.05 Å². The number of imidazole rings is 1. The smallest absolute Gasteiger partial charge is 0.414 e. The Bertz CT molecular complexity index is 1210. The van der Waals surface area contributed by atoms with Gasteiger partial charge < -0.3 is 34.3 Å². The fourth-order valence-electron chi connectivity index (χ4n) is 3.06. The predicted molar refractivity (Wildman–Crippen MR) is 117 cm³/mol. The average Bonchev–Trinajstić information content (AvgIpc) is 3.43. The number of benzene rings is 2. The number of hydrogen-bond donors (Lipinski definition) is 3. The van der Waals surface area contributed by atoms with Crippen molar-refractivity contribution in [3.63, 3.8) is 0 Å². The molecule has 1 aliphatic heterocycles. The van der Waals surface area contributed by atoms with Crippen molar-refractivity contribution in [1.82, 2.24) is 9.55 Å². The summed E-state index contributed by atoms with van der Waals surface area (Å²) in [6.07, 6.45) is 1.75. The Morgan fingerprint density at radius 1 is 1.18 bits per heavy atom. The molecule has 0 fully saturated rings. The van der Waals surface area contributed by atoms with Crippen LogP contribution >= 0.6 is 0 Å². The molecule has 0 saturated heterocycles. The van der Waals surface area contributed by atoms with Gasteiger partial charge in [-0.15, -0.1) is 0 Å². The molecule has 0 spiro atoms. The van der Waals surface area contributed by atoms with Gasteiger partial charge in [-0.05, 0) is 30.3 Å². The third-order valence-corrected chi connectivity index (χ3v) is 4.76. The van der Waals surface area contributed by atoms with Crippen molar-refractivity contribution < 1.29 is 38.9 Å². The number of aliphatic carboxylic acids is 2. The molecular formula is C21H20N4O9. The fourth-order valence-corrected chi connectivity index (χ4v) is 3.06. The Morgan fingerprint density at radius 3 is 2.35 bits per heavy atom. The Hall–Kier alpha value is -4.81. The third kappa shape index (κ3) is 5.32. The molecule has 2 heterocycles. The summed E-state index contributed by atoms with van der Waals surface area (Å²) in [5.41, 5.74) is 2.35. The molecule has 13 heteroatoms. The van der Waals surface area contributed by atoms with E-state index in [0.717, 1.165) is 17.0 Å². The molecule has 0 saturated carbocycles. The Kier molecular flexibility index (Phi) is 7.16. The lowest BCUT2D eigenvalue weighted by Crippen LogP contribution is -2.09. The van der Waals surface area contributed by atoms with E-state index >= 15 is 0 Å². The normalized spacial score (nSPS) is 11.2. The summed E-state index contributed by atoms with van der Waals surface area (Å²) in [5.74, 6) is -1.39. The molecular weight excluding hydrogens is 452 g/mol. The molecule has 178 valence electrons. The van der Waals surface area contributed by atoms with E-state index in [9.17, 15) is 10.1 Å². The standard InChI is InChI=1S/C19H18N4O5.C2H2O4/c1-22-16(12-3-5-14(26-2)6-4-12)10-21-19(22)20-9-13-7-17-18(28-11-27-17)8-15(13)23(24)25;3-1(4)2(5)6/h3-8,10H,9,11H2,1-2H3,(H,20,21);(H,3,4)(H,5,6). The van der Waals surface area contributed by atoms with E-state index in [0.29, 0.717) is 23.0 Å². The molecule has 0 atom stereocenters. The monoisotopic (exact) mass is 472 g/mol. The minimum atomic E-state index is -1.82. The van der Waals surface area contributed by atoms with Crippen LogP contribution < -0.4 is 19.5 Å². The van der Waals surface area contributed by atoms with Gasteiger partial charge in [0, 0.05) is 19.2 Å². The second kappa shape index (κ2) is 10.2. The first-order chi connectivity index (χ1) is 16.2. The van der Waals surface area contributed by atoms with Gasteiger partial charge in [0.2, 0.25) is 12.7 Å². The number of aromatic nitrogens is 2. The number of rotatable bonds is 6. The Labute approximate surface area is 192 Å². The summed E-state index contributed by atoms with van der Waals surface area (Å²) >= 11 is 0. The van der Waals surface area contributed by atoms with Gasteiger partial charge in [0.05, 0.1) is 35.6 Å². The molecule has 13 nitrogen and oxygen atoms in total. The summed E-state index contributed by atoms with van der Waals surface area (Å²) in [6.45, 7) is 0.286. The van der Waals surface area contributed by atoms with Crippen molar-refractivity contribution in [1.29, 1.82) is 0 Å². The molecule has 1 aromatic heterocycles. The number of carboxylic acids is 2. The highest BCUT2D eigenvalue weighted by atomic mass is 16.7. The maximum absolute atomic E-state index is 11.4. The summed E-state index contributed by atoms with van der Waals surface area (Å²) in [4.78, 5) is 33.6. The Morgan fingerprint density at radius 2 is 1.79 bits per heavy atom. The average molecular weight is 472 g/mol. The van der Waals surface area contributed by atoms with Crippen LogP contribution in [0.15, 0.2) is 42.6 Å². The maximum Gasteiger partial charge on any atom is 0.414 e. The van der Waals surface area contributed by atoms with E-state index in [4.69, 9.17) is 34.0 Å². The topological polar surface area (TPSA) is 175 Å². The first-order valence-electron chi connectivity index (χ1n) is 9.64. The molecule has 2 aromatic carbocycles. The van der Waals surface area contributed by atoms with Crippen LogP contribution in [0.25, 0.3) is 11.3 Å². The van der Waals surface area contributed by atoms with Crippen LogP contribution in [-0.4, -0.2) is 50.5 Å². The van der Waals surface area contributed by atoms with Gasteiger partial charge in [0.15, 0.2) is 11.5 Å². The lowest BCUT2D eigenvalue weighted by molar-refractivity contribution is -0.385. The minimum absolute atomic E-state index is 0.0265. The molecule has 3 N–H and O–H groups in total. The van der Waals surface area contributed by atoms with Crippen LogP contribution in [0.5, 0.6) is 17.2 Å². The van der Waals surface area contributed by atoms with Crippen molar-refractivity contribution >= 4 is 23.6 Å². The summed E-state index contributed by atoms with van der Waals surface area (Å²) in [7, 11) is 3.50. The molecule has 0 unspecified atom stereocenters. The van der Waals surface area contributed by atoms with Gasteiger partial charge in [0.25, 0.3) is 5.69 Å². The first kappa shape index (κ1) is 23.8. The number of nitrogens with zero attached hydrogens (tertiary/aromatic N) is 3. The zero-order valence-corrected chi connectivity index (χ0v) is 18.0. The largest absolute Gasteiger partial charge is 0.497 e. The molecule has 0 amide bonds. The van der Waals surface area contributed by atoms with E-state index in [-0.39, 0.29) is 19.0 Å². The van der Waals surface area contributed by atoms with Crippen LogP contribution in [0.2, 0.25) is 0 Å². The number of fused-ring (bicyclic) bond motifs is 1. The third-order valence-electron chi connectivity index (χ3n) is 4.76. The second-order valence-electron chi connectivity index (χ2n) is 6.81. The molecule has 0 aliphatic carbocycles. The zero-order chi connectivity index (χ0) is 24.8. The molecule has 1 aliphatic rings. The number of carbonyl (C=O) groups is 2. The number of anilines is 1. The fraction of sp³-hybridized carbons (Fsp3) is 0.190. The molecule has 4 rings (SSSR count). The highest BCUT2D eigenvalue weighted by Gasteiger charge is 2.23. The number of nitro groups is 1. The summed E-state index contributed by atoms with van der Waals surface area (Å²) in [6, 6.07) is 10.7. The number of nitrogens with one attached hydrogen (secondary N) is 1.